The molecule has 15 heteroatoms. The van der Waals surface area contributed by atoms with E-state index in [0.717, 1.165) is 19.3 Å². The molecule has 7 rings (SSSR count). The number of aromatic nitrogens is 2. The molecule has 0 spiro atoms. The van der Waals surface area contributed by atoms with Crippen molar-refractivity contribution in [1.82, 2.24) is 25.5 Å². The zero-order valence-electron chi connectivity index (χ0n) is 27.7. The molecule has 1 aliphatic heterocycles. The third-order valence-electron chi connectivity index (χ3n) is 9.96. The Morgan fingerprint density at radius 2 is 1.92 bits per heavy atom. The second kappa shape index (κ2) is 12.0. The van der Waals surface area contributed by atoms with Crippen molar-refractivity contribution in [2.75, 3.05) is 24.0 Å². The maximum atomic E-state index is 14.4. The van der Waals surface area contributed by atoms with Crippen molar-refractivity contribution in [2.24, 2.45) is 11.3 Å². The van der Waals surface area contributed by atoms with Crippen LogP contribution >= 0.6 is 7.82 Å². The van der Waals surface area contributed by atoms with Crippen LogP contribution in [0.25, 0.3) is 10.9 Å². The fourth-order valence-corrected chi connectivity index (χ4v) is 6.93. The SMILES string of the molecule is Cc1nc(F)ccc1C(C1=CN(C23CC(C2)C3)NN1C)N(COP(=O)(O)O)c1cc(C#N)c2ncc(C#N)c(NC(C)C(C)(C)C)c2c1. The molecule has 0 saturated heterocycles. The van der Waals surface area contributed by atoms with E-state index in [2.05, 4.69) is 58.7 Å². The van der Waals surface area contributed by atoms with Crippen LogP contribution in [0.1, 0.15) is 75.4 Å². The number of hydrogen-bond donors (Lipinski definition) is 4. The number of fused-ring (bicyclic) bond motifs is 1. The number of anilines is 2. The maximum absolute atomic E-state index is 14.4. The standard InChI is InChI=1S/C33H39FN9O4P/c1-19-25(7-8-28(34)38-19)31(27-17-43(40-41(27)6)33-11-21(12-33)13-33)42(18-47-48(44,45)46)24-9-22(14-35)29-26(10-24)30(23(15-36)16-37-29)39-20(2)32(3,4)5/h7-10,16-17,20-21,31,40H,11-13,18H2,1-6H3,(H,37,39)(H2,44,45,46). The Morgan fingerprint density at radius 3 is 2.48 bits per heavy atom. The molecule has 13 nitrogen and oxygen atoms in total. The first kappa shape index (κ1) is 33.6. The third kappa shape index (κ3) is 6.07. The Labute approximate surface area is 278 Å². The fraction of sp³-hybridized carbons (Fsp3) is 0.455. The van der Waals surface area contributed by atoms with Crippen LogP contribution in [0.3, 0.4) is 0 Å². The summed E-state index contributed by atoms with van der Waals surface area (Å²) in [5, 5.41) is 28.2. The Balaban J connectivity index is 1.58. The van der Waals surface area contributed by atoms with E-state index in [-0.39, 0.29) is 28.1 Å². The van der Waals surface area contributed by atoms with Gasteiger partial charge in [-0.15, -0.1) is 5.53 Å². The van der Waals surface area contributed by atoms with Crippen LogP contribution < -0.4 is 15.8 Å². The maximum Gasteiger partial charge on any atom is 0.471 e. The van der Waals surface area contributed by atoms with Gasteiger partial charge in [0.05, 0.1) is 33.6 Å². The molecule has 2 bridgehead atoms. The van der Waals surface area contributed by atoms with E-state index in [1.165, 1.54) is 12.3 Å². The summed E-state index contributed by atoms with van der Waals surface area (Å²) in [5.74, 6) is 0.0337. The van der Waals surface area contributed by atoms with Gasteiger partial charge in [0, 0.05) is 47.8 Å². The number of halogens is 1. The smallest absolute Gasteiger partial charge is 0.380 e. The van der Waals surface area contributed by atoms with Crippen molar-refractivity contribution in [3.8, 4) is 12.1 Å². The highest BCUT2D eigenvalue weighted by molar-refractivity contribution is 7.46. The molecular formula is C33H39FN9O4P. The molecule has 3 saturated carbocycles. The number of benzene rings is 1. The molecule has 2 aromatic heterocycles. The van der Waals surface area contributed by atoms with Gasteiger partial charge in [0.2, 0.25) is 5.95 Å². The van der Waals surface area contributed by atoms with Crippen molar-refractivity contribution >= 4 is 30.1 Å². The minimum atomic E-state index is -5.00. The Hall–Kier alpha value is -4.30. The van der Waals surface area contributed by atoms with E-state index in [0.29, 0.717) is 45.2 Å². The number of hydrogen-bond acceptors (Lipinski definition) is 11. The lowest BCUT2D eigenvalue weighted by Crippen LogP contribution is -2.69. The van der Waals surface area contributed by atoms with E-state index in [9.17, 15) is 29.3 Å². The molecule has 3 fully saturated rings. The van der Waals surface area contributed by atoms with Gasteiger partial charge in [0.1, 0.15) is 24.9 Å². The van der Waals surface area contributed by atoms with E-state index >= 15 is 0 Å². The summed E-state index contributed by atoms with van der Waals surface area (Å²) < 4.78 is 31.7. The molecule has 1 aromatic carbocycles. The lowest BCUT2D eigenvalue weighted by atomic mass is 9.49. The van der Waals surface area contributed by atoms with Gasteiger partial charge in [-0.3, -0.25) is 19.5 Å². The Kier molecular flexibility index (Phi) is 8.39. The first-order chi connectivity index (χ1) is 22.5. The topological polar surface area (TPSA) is 174 Å². The summed E-state index contributed by atoms with van der Waals surface area (Å²) in [6.07, 6.45) is 6.55. The molecule has 0 amide bonds. The summed E-state index contributed by atoms with van der Waals surface area (Å²) in [4.78, 5) is 29.9. The van der Waals surface area contributed by atoms with Crippen LogP contribution in [0, 0.1) is 46.9 Å². The fourth-order valence-electron chi connectivity index (χ4n) is 6.66. The highest BCUT2D eigenvalue weighted by Crippen LogP contribution is 2.61. The monoisotopic (exact) mass is 675 g/mol. The van der Waals surface area contributed by atoms with E-state index in [1.807, 2.05) is 25.2 Å². The first-order valence-electron chi connectivity index (χ1n) is 15.7. The van der Waals surface area contributed by atoms with Crippen LogP contribution in [0.4, 0.5) is 15.8 Å². The van der Waals surface area contributed by atoms with Crippen LogP contribution in [-0.4, -0.2) is 55.1 Å². The molecular weight excluding hydrogens is 636 g/mol. The van der Waals surface area contributed by atoms with Gasteiger partial charge in [0.25, 0.3) is 0 Å². The summed E-state index contributed by atoms with van der Waals surface area (Å²) >= 11 is 0. The minimum absolute atomic E-state index is 0.0187. The van der Waals surface area contributed by atoms with Gasteiger partial charge in [-0.1, -0.05) is 26.8 Å². The molecule has 4 N–H and O–H groups in total. The average Bonchev–Trinajstić information content (AvgIpc) is 3.32. The lowest BCUT2D eigenvalue weighted by molar-refractivity contribution is -0.154. The number of nitriles is 2. The molecule has 4 aliphatic rings. The highest BCUT2D eigenvalue weighted by Gasteiger charge is 2.61. The van der Waals surface area contributed by atoms with Gasteiger partial charge in [0.15, 0.2) is 0 Å². The highest BCUT2D eigenvalue weighted by atomic mass is 31.2. The number of phosphoric ester groups is 1. The molecule has 3 heterocycles. The summed E-state index contributed by atoms with van der Waals surface area (Å²) in [5.41, 5.74) is 6.39. The van der Waals surface area contributed by atoms with E-state index < -0.39 is 26.5 Å². The normalized spacial score (nSPS) is 21.5. The largest absolute Gasteiger partial charge is 0.471 e. The summed E-state index contributed by atoms with van der Waals surface area (Å²) in [6, 6.07) is 9.59. The molecule has 2 atom stereocenters. The number of nitrogens with zero attached hydrogens (tertiary/aromatic N) is 7. The quantitative estimate of drug-likeness (QED) is 0.123. The predicted molar refractivity (Wildman–Crippen MR) is 177 cm³/mol. The van der Waals surface area contributed by atoms with Gasteiger partial charge in [-0.05, 0) is 62.6 Å². The first-order valence-corrected chi connectivity index (χ1v) is 17.2. The zero-order chi connectivity index (χ0) is 34.8. The average molecular weight is 676 g/mol. The second-order valence-corrected chi connectivity index (χ2v) is 15.3. The number of likely N-dealkylation sites (N-methyl/N-ethyl adjacent to an activating group) is 1. The van der Waals surface area contributed by atoms with E-state index in [1.54, 1.807) is 30.0 Å². The number of phosphoric acid groups is 1. The summed E-state index contributed by atoms with van der Waals surface area (Å²) in [7, 11) is -3.17. The van der Waals surface area contributed by atoms with Crippen molar-refractivity contribution in [1.29, 1.82) is 10.5 Å². The van der Waals surface area contributed by atoms with Crippen molar-refractivity contribution in [2.45, 2.75) is 71.5 Å². The van der Waals surface area contributed by atoms with Gasteiger partial charge < -0.3 is 20.0 Å². The number of hydrazine groups is 2. The molecule has 3 aromatic rings. The molecule has 3 aliphatic carbocycles. The van der Waals surface area contributed by atoms with Crippen LogP contribution in [-0.2, 0) is 9.09 Å². The molecule has 0 radical (unpaired) electrons. The Morgan fingerprint density at radius 1 is 1.23 bits per heavy atom. The summed E-state index contributed by atoms with van der Waals surface area (Å²) in [6.45, 7) is 9.23. The Bertz CT molecular complexity index is 1930. The van der Waals surface area contributed by atoms with Crippen LogP contribution in [0.2, 0.25) is 0 Å². The van der Waals surface area contributed by atoms with Crippen LogP contribution in [0.15, 0.2) is 42.4 Å². The molecule has 252 valence electrons. The number of aryl methyl sites for hydroxylation is 1. The van der Waals surface area contributed by atoms with Crippen molar-refractivity contribution in [3.63, 3.8) is 0 Å². The zero-order valence-corrected chi connectivity index (χ0v) is 28.6. The molecule has 2 unspecified atom stereocenters. The third-order valence-corrected chi connectivity index (χ3v) is 10.4. The van der Waals surface area contributed by atoms with Crippen molar-refractivity contribution < 1.29 is 23.3 Å². The predicted octanol–water partition coefficient (Wildman–Crippen LogP) is 5.34. The van der Waals surface area contributed by atoms with Crippen molar-refractivity contribution in [3.05, 3.63) is 70.7 Å². The van der Waals surface area contributed by atoms with Gasteiger partial charge in [-0.25, -0.2) is 9.55 Å². The molecule has 48 heavy (non-hydrogen) atoms. The minimum Gasteiger partial charge on any atom is -0.380 e. The van der Waals surface area contributed by atoms with Gasteiger partial charge in [-0.2, -0.15) is 14.9 Å². The van der Waals surface area contributed by atoms with Gasteiger partial charge >= 0.3 is 7.82 Å². The number of rotatable bonds is 10. The van der Waals surface area contributed by atoms with E-state index in [4.69, 9.17) is 4.52 Å². The lowest BCUT2D eigenvalue weighted by Gasteiger charge is -2.65. The number of pyridine rings is 2. The second-order valence-electron chi connectivity index (χ2n) is 14.1. The van der Waals surface area contributed by atoms with Crippen LogP contribution in [0.5, 0.6) is 0 Å². The number of nitrogens with one attached hydrogen (secondary N) is 2.